The van der Waals surface area contributed by atoms with Crippen LogP contribution in [0.5, 0.6) is 0 Å². The summed E-state index contributed by atoms with van der Waals surface area (Å²) in [5, 5.41) is 13.3. The van der Waals surface area contributed by atoms with E-state index in [2.05, 4.69) is 21.2 Å². The summed E-state index contributed by atoms with van der Waals surface area (Å²) in [5.74, 6) is 0. The van der Waals surface area contributed by atoms with Gasteiger partial charge in [0.1, 0.15) is 0 Å². The van der Waals surface area contributed by atoms with E-state index in [-0.39, 0.29) is 0 Å². The van der Waals surface area contributed by atoms with Crippen molar-refractivity contribution in [2.75, 3.05) is 11.9 Å². The van der Waals surface area contributed by atoms with E-state index in [0.29, 0.717) is 6.54 Å². The molecule has 2 N–H and O–H groups in total. The van der Waals surface area contributed by atoms with E-state index in [1.54, 1.807) is 0 Å². The molecular weight excluding hydrogens is 290 g/mol. The Hall–Kier alpha value is -1.32. The molecule has 94 valence electrons. The molecule has 0 saturated heterocycles. The molecule has 0 aliphatic heterocycles. The second-order valence-corrected chi connectivity index (χ2v) is 5.23. The number of hydrogen-bond donors (Lipinski definition) is 2. The number of aliphatic hydroxyl groups is 1. The van der Waals surface area contributed by atoms with Crippen molar-refractivity contribution in [1.29, 1.82) is 0 Å². The highest BCUT2D eigenvalue weighted by atomic mass is 79.9. The van der Waals surface area contributed by atoms with Crippen molar-refractivity contribution in [3.8, 4) is 0 Å². The van der Waals surface area contributed by atoms with Crippen molar-refractivity contribution in [3.05, 3.63) is 64.1 Å². The topological polar surface area (TPSA) is 32.3 Å². The average Bonchev–Trinajstić information content (AvgIpc) is 2.38. The molecule has 0 amide bonds. The number of benzene rings is 2. The van der Waals surface area contributed by atoms with Gasteiger partial charge in [-0.25, -0.2) is 0 Å². The summed E-state index contributed by atoms with van der Waals surface area (Å²) in [6, 6.07) is 15.9. The molecule has 2 rings (SSSR count). The smallest absolute Gasteiger partial charge is 0.0962 e. The molecule has 0 heterocycles. The van der Waals surface area contributed by atoms with E-state index < -0.39 is 6.10 Å². The first kappa shape index (κ1) is 13.1. The lowest BCUT2D eigenvalue weighted by molar-refractivity contribution is 0.191. The van der Waals surface area contributed by atoms with E-state index in [9.17, 15) is 5.11 Å². The molecule has 2 aromatic carbocycles. The zero-order valence-electron chi connectivity index (χ0n) is 10.2. The van der Waals surface area contributed by atoms with Gasteiger partial charge in [-0.15, -0.1) is 0 Å². The average molecular weight is 306 g/mol. The Labute approximate surface area is 116 Å². The summed E-state index contributed by atoms with van der Waals surface area (Å²) in [7, 11) is 0. The highest BCUT2D eigenvalue weighted by molar-refractivity contribution is 9.10. The third-order valence-electron chi connectivity index (χ3n) is 2.77. The van der Waals surface area contributed by atoms with Crippen LogP contribution in [0.2, 0.25) is 0 Å². The van der Waals surface area contributed by atoms with E-state index in [1.807, 2.05) is 55.5 Å². The largest absolute Gasteiger partial charge is 0.387 e. The molecule has 2 aromatic rings. The molecule has 0 fully saturated rings. The molecule has 0 bridgehead atoms. The molecule has 0 saturated carbocycles. The number of aliphatic hydroxyl groups excluding tert-OH is 1. The first-order chi connectivity index (χ1) is 8.65. The second-order valence-electron chi connectivity index (χ2n) is 4.32. The molecule has 0 radical (unpaired) electrons. The maximum atomic E-state index is 10.1. The minimum absolute atomic E-state index is 0.492. The van der Waals surface area contributed by atoms with Crippen LogP contribution in [0.15, 0.2) is 53.0 Å². The van der Waals surface area contributed by atoms with Gasteiger partial charge in [0.25, 0.3) is 0 Å². The van der Waals surface area contributed by atoms with Gasteiger partial charge >= 0.3 is 0 Å². The number of nitrogens with one attached hydrogen (secondary N) is 1. The van der Waals surface area contributed by atoms with Crippen molar-refractivity contribution >= 4 is 21.6 Å². The van der Waals surface area contributed by atoms with Crippen LogP contribution in [0.25, 0.3) is 0 Å². The fourth-order valence-corrected chi connectivity index (χ4v) is 2.04. The van der Waals surface area contributed by atoms with Crippen LogP contribution in [0.4, 0.5) is 5.69 Å². The summed E-state index contributed by atoms with van der Waals surface area (Å²) >= 11 is 3.39. The minimum atomic E-state index is -0.492. The van der Waals surface area contributed by atoms with E-state index in [4.69, 9.17) is 0 Å². The predicted octanol–water partition coefficient (Wildman–Crippen LogP) is 3.90. The van der Waals surface area contributed by atoms with Gasteiger partial charge in [0.2, 0.25) is 0 Å². The maximum absolute atomic E-state index is 10.1. The Morgan fingerprint density at radius 3 is 2.56 bits per heavy atom. The molecule has 0 aromatic heterocycles. The highest BCUT2D eigenvalue weighted by Crippen LogP contribution is 2.17. The Bertz CT molecular complexity index is 510. The van der Waals surface area contributed by atoms with Crippen molar-refractivity contribution in [3.63, 3.8) is 0 Å². The summed E-state index contributed by atoms with van der Waals surface area (Å²) in [4.78, 5) is 0. The molecule has 0 aliphatic carbocycles. The Morgan fingerprint density at radius 2 is 1.89 bits per heavy atom. The summed E-state index contributed by atoms with van der Waals surface area (Å²) in [5.41, 5.74) is 3.11. The lowest BCUT2D eigenvalue weighted by Crippen LogP contribution is -2.12. The summed E-state index contributed by atoms with van der Waals surface area (Å²) in [6.07, 6.45) is -0.492. The number of anilines is 1. The number of halogens is 1. The van der Waals surface area contributed by atoms with E-state index >= 15 is 0 Å². The highest BCUT2D eigenvalue weighted by Gasteiger charge is 2.06. The van der Waals surface area contributed by atoms with Crippen LogP contribution in [0.1, 0.15) is 17.2 Å². The van der Waals surface area contributed by atoms with Gasteiger partial charge < -0.3 is 10.4 Å². The molecule has 2 nitrogen and oxygen atoms in total. The van der Waals surface area contributed by atoms with Gasteiger partial charge in [0, 0.05) is 16.7 Å². The molecular formula is C15H16BrNO. The fourth-order valence-electron chi connectivity index (χ4n) is 1.78. The van der Waals surface area contributed by atoms with Crippen LogP contribution >= 0.6 is 15.9 Å². The quantitative estimate of drug-likeness (QED) is 0.898. The summed E-state index contributed by atoms with van der Waals surface area (Å²) < 4.78 is 1.05. The van der Waals surface area contributed by atoms with Crippen LogP contribution in [-0.2, 0) is 0 Å². The maximum Gasteiger partial charge on any atom is 0.0962 e. The monoisotopic (exact) mass is 305 g/mol. The molecule has 0 spiro atoms. The van der Waals surface area contributed by atoms with Crippen molar-refractivity contribution in [2.24, 2.45) is 0 Å². The Kier molecular flexibility index (Phi) is 4.39. The fraction of sp³-hybridized carbons (Fsp3) is 0.200. The summed E-state index contributed by atoms with van der Waals surface area (Å²) in [6.45, 7) is 2.53. The van der Waals surface area contributed by atoms with Gasteiger partial charge in [-0.05, 0) is 36.8 Å². The SMILES string of the molecule is Cc1cccc(C(O)CNc2ccc(Br)cc2)c1. The van der Waals surface area contributed by atoms with Crippen LogP contribution in [-0.4, -0.2) is 11.7 Å². The van der Waals surface area contributed by atoms with Gasteiger partial charge in [-0.2, -0.15) is 0 Å². The molecule has 1 unspecified atom stereocenters. The van der Waals surface area contributed by atoms with Gasteiger partial charge in [0.05, 0.1) is 6.10 Å². The van der Waals surface area contributed by atoms with Gasteiger partial charge in [-0.1, -0.05) is 45.8 Å². The lowest BCUT2D eigenvalue weighted by atomic mass is 10.1. The molecule has 0 aliphatic rings. The molecule has 18 heavy (non-hydrogen) atoms. The first-order valence-electron chi connectivity index (χ1n) is 5.89. The lowest BCUT2D eigenvalue weighted by Gasteiger charge is -2.13. The Morgan fingerprint density at radius 1 is 1.17 bits per heavy atom. The minimum Gasteiger partial charge on any atom is -0.387 e. The molecule has 3 heteroatoms. The number of rotatable bonds is 4. The van der Waals surface area contributed by atoms with Gasteiger partial charge in [-0.3, -0.25) is 0 Å². The van der Waals surface area contributed by atoms with Crippen molar-refractivity contribution < 1.29 is 5.11 Å². The van der Waals surface area contributed by atoms with Crippen LogP contribution in [0, 0.1) is 6.92 Å². The van der Waals surface area contributed by atoms with Crippen molar-refractivity contribution in [1.82, 2.24) is 0 Å². The third kappa shape index (κ3) is 3.59. The second kappa shape index (κ2) is 6.03. The zero-order chi connectivity index (χ0) is 13.0. The normalized spacial score (nSPS) is 12.2. The third-order valence-corrected chi connectivity index (χ3v) is 3.30. The zero-order valence-corrected chi connectivity index (χ0v) is 11.8. The first-order valence-corrected chi connectivity index (χ1v) is 6.68. The Balaban J connectivity index is 1.96. The molecule has 1 atom stereocenters. The number of aryl methyl sites for hydroxylation is 1. The van der Waals surface area contributed by atoms with Crippen molar-refractivity contribution in [2.45, 2.75) is 13.0 Å². The predicted molar refractivity (Wildman–Crippen MR) is 78.8 cm³/mol. The van der Waals surface area contributed by atoms with Gasteiger partial charge in [0.15, 0.2) is 0 Å². The van der Waals surface area contributed by atoms with Crippen LogP contribution in [0.3, 0.4) is 0 Å². The standard InChI is InChI=1S/C15H16BrNO/c1-11-3-2-4-12(9-11)15(18)10-17-14-7-5-13(16)6-8-14/h2-9,15,17-18H,10H2,1H3. The van der Waals surface area contributed by atoms with E-state index in [0.717, 1.165) is 21.3 Å². The van der Waals surface area contributed by atoms with E-state index in [1.165, 1.54) is 0 Å². The van der Waals surface area contributed by atoms with Crippen LogP contribution < -0.4 is 5.32 Å². The number of hydrogen-bond acceptors (Lipinski definition) is 2.